The highest BCUT2D eigenvalue weighted by Crippen LogP contribution is 2.29. The van der Waals surface area contributed by atoms with Crippen LogP contribution in [0.15, 0.2) is 0 Å². The van der Waals surface area contributed by atoms with Gasteiger partial charge in [-0.25, -0.2) is 0 Å². The number of likely N-dealkylation sites (tertiary alicyclic amines) is 1. The van der Waals surface area contributed by atoms with Gasteiger partial charge in [-0.3, -0.25) is 4.90 Å². The molecule has 3 heteroatoms. The van der Waals surface area contributed by atoms with Crippen LogP contribution in [0.25, 0.3) is 0 Å². The summed E-state index contributed by atoms with van der Waals surface area (Å²) in [5.74, 6) is 0. The average Bonchev–Trinajstić information content (AvgIpc) is 2.49. The summed E-state index contributed by atoms with van der Waals surface area (Å²) in [5, 5.41) is 0. The zero-order valence-corrected chi connectivity index (χ0v) is 11.6. The maximum absolute atomic E-state index is 5.38. The van der Waals surface area contributed by atoms with Gasteiger partial charge in [0, 0.05) is 26.2 Å². The summed E-state index contributed by atoms with van der Waals surface area (Å²) in [5.41, 5.74) is 0.563. The first-order chi connectivity index (χ1) is 8.16. The second-order valence-electron chi connectivity index (χ2n) is 6.31. The molecule has 0 saturated carbocycles. The minimum absolute atomic E-state index is 0.563. The molecule has 0 radical (unpaired) electrons. The summed E-state index contributed by atoms with van der Waals surface area (Å²) in [4.78, 5) is 5.20. The van der Waals surface area contributed by atoms with E-state index in [9.17, 15) is 0 Å². The fraction of sp³-hybridized carbons (Fsp3) is 1.00. The smallest absolute Gasteiger partial charge is 0.0594 e. The van der Waals surface area contributed by atoms with E-state index < -0.39 is 0 Å². The first-order valence-electron chi connectivity index (χ1n) is 7.18. The van der Waals surface area contributed by atoms with Crippen LogP contribution in [0, 0.1) is 5.41 Å². The first-order valence-corrected chi connectivity index (χ1v) is 7.18. The third-order valence-corrected chi connectivity index (χ3v) is 4.27. The van der Waals surface area contributed by atoms with E-state index in [-0.39, 0.29) is 0 Å². The van der Waals surface area contributed by atoms with Gasteiger partial charge in [0.25, 0.3) is 0 Å². The molecule has 100 valence electrons. The topological polar surface area (TPSA) is 15.7 Å². The molecule has 2 rings (SSSR count). The lowest BCUT2D eigenvalue weighted by atomic mass is 9.85. The number of rotatable bonds is 3. The van der Waals surface area contributed by atoms with Gasteiger partial charge in [0.05, 0.1) is 13.2 Å². The molecular weight excluding hydrogens is 212 g/mol. The third kappa shape index (κ3) is 4.57. The summed E-state index contributed by atoms with van der Waals surface area (Å²) < 4.78 is 5.38. The van der Waals surface area contributed by atoms with E-state index in [1.54, 1.807) is 0 Å². The highest BCUT2D eigenvalue weighted by molar-refractivity contribution is 4.77. The second-order valence-corrected chi connectivity index (χ2v) is 6.31. The lowest BCUT2D eigenvalue weighted by molar-refractivity contribution is 0.0334. The molecule has 3 nitrogen and oxygen atoms in total. The van der Waals surface area contributed by atoms with Crippen molar-refractivity contribution in [2.45, 2.75) is 33.1 Å². The van der Waals surface area contributed by atoms with E-state index in [0.29, 0.717) is 5.41 Å². The Labute approximate surface area is 106 Å². The molecule has 2 aliphatic rings. The number of ether oxygens (including phenoxy) is 1. The highest BCUT2D eigenvalue weighted by Gasteiger charge is 2.23. The van der Waals surface area contributed by atoms with Gasteiger partial charge >= 0.3 is 0 Å². The highest BCUT2D eigenvalue weighted by atomic mass is 16.5. The Kier molecular flexibility index (Phi) is 4.83. The molecule has 0 aromatic carbocycles. The zero-order chi connectivity index (χ0) is 12.1. The van der Waals surface area contributed by atoms with Crippen LogP contribution in [0.5, 0.6) is 0 Å². The monoisotopic (exact) mass is 240 g/mol. The minimum Gasteiger partial charge on any atom is -0.379 e. The van der Waals surface area contributed by atoms with Crippen molar-refractivity contribution in [3.8, 4) is 0 Å². The maximum atomic E-state index is 5.38. The number of nitrogens with zero attached hydrogens (tertiary/aromatic N) is 2. The van der Waals surface area contributed by atoms with Gasteiger partial charge < -0.3 is 9.64 Å². The quantitative estimate of drug-likeness (QED) is 0.748. The van der Waals surface area contributed by atoms with Crippen molar-refractivity contribution in [1.29, 1.82) is 0 Å². The fourth-order valence-electron chi connectivity index (χ4n) is 2.81. The normalized spacial score (nSPS) is 27.9. The molecule has 0 spiro atoms. The molecule has 2 saturated heterocycles. The van der Waals surface area contributed by atoms with Gasteiger partial charge in [-0.1, -0.05) is 13.8 Å². The van der Waals surface area contributed by atoms with E-state index in [1.165, 1.54) is 45.4 Å². The minimum atomic E-state index is 0.563. The molecule has 0 amide bonds. The van der Waals surface area contributed by atoms with Crippen molar-refractivity contribution in [3.05, 3.63) is 0 Å². The van der Waals surface area contributed by atoms with E-state index in [0.717, 1.165) is 26.3 Å². The van der Waals surface area contributed by atoms with Crippen molar-refractivity contribution >= 4 is 0 Å². The first kappa shape index (κ1) is 13.3. The molecule has 0 unspecified atom stereocenters. The Morgan fingerprint density at radius 3 is 2.24 bits per heavy atom. The summed E-state index contributed by atoms with van der Waals surface area (Å²) in [7, 11) is 0. The van der Waals surface area contributed by atoms with E-state index >= 15 is 0 Å². The SMILES string of the molecule is CC1(C)CCCN(CCN2CCOCC2)CC1. The Bertz CT molecular complexity index is 224. The van der Waals surface area contributed by atoms with Gasteiger partial charge in [-0.05, 0) is 37.8 Å². The Balaban J connectivity index is 1.68. The van der Waals surface area contributed by atoms with E-state index in [1.807, 2.05) is 0 Å². The van der Waals surface area contributed by atoms with Crippen molar-refractivity contribution in [2.24, 2.45) is 5.41 Å². The van der Waals surface area contributed by atoms with Crippen LogP contribution in [-0.2, 0) is 4.74 Å². The summed E-state index contributed by atoms with van der Waals surface area (Å²) in [6, 6.07) is 0. The van der Waals surface area contributed by atoms with Gasteiger partial charge in [-0.2, -0.15) is 0 Å². The van der Waals surface area contributed by atoms with Gasteiger partial charge in [0.15, 0.2) is 0 Å². The molecule has 0 aromatic rings. The average molecular weight is 240 g/mol. The van der Waals surface area contributed by atoms with Crippen LogP contribution in [0.1, 0.15) is 33.1 Å². The van der Waals surface area contributed by atoms with Crippen molar-refractivity contribution in [1.82, 2.24) is 9.80 Å². The number of morpholine rings is 1. The van der Waals surface area contributed by atoms with Gasteiger partial charge in [0.2, 0.25) is 0 Å². The molecule has 0 atom stereocenters. The van der Waals surface area contributed by atoms with E-state index in [4.69, 9.17) is 4.74 Å². The molecule has 0 N–H and O–H groups in total. The lowest BCUT2D eigenvalue weighted by Gasteiger charge is -2.29. The third-order valence-electron chi connectivity index (χ3n) is 4.27. The predicted molar refractivity (Wildman–Crippen MR) is 71.3 cm³/mol. The Hall–Kier alpha value is -0.120. The molecule has 2 heterocycles. The van der Waals surface area contributed by atoms with Crippen molar-refractivity contribution in [2.75, 3.05) is 52.5 Å². The van der Waals surface area contributed by atoms with Crippen molar-refractivity contribution in [3.63, 3.8) is 0 Å². The molecule has 2 fully saturated rings. The van der Waals surface area contributed by atoms with Crippen LogP contribution in [-0.4, -0.2) is 62.3 Å². The standard InChI is InChI=1S/C14H28N2O/c1-14(2)4-3-6-15(7-5-14)8-9-16-10-12-17-13-11-16/h3-13H2,1-2H3. The fourth-order valence-corrected chi connectivity index (χ4v) is 2.81. The largest absolute Gasteiger partial charge is 0.379 e. The molecule has 0 aliphatic carbocycles. The van der Waals surface area contributed by atoms with Gasteiger partial charge in [-0.15, -0.1) is 0 Å². The molecule has 2 aliphatic heterocycles. The molecule has 0 aromatic heterocycles. The van der Waals surface area contributed by atoms with Gasteiger partial charge in [0.1, 0.15) is 0 Å². The number of hydrogen-bond acceptors (Lipinski definition) is 3. The molecule has 0 bridgehead atoms. The van der Waals surface area contributed by atoms with Crippen LogP contribution in [0.2, 0.25) is 0 Å². The summed E-state index contributed by atoms with van der Waals surface area (Å²) >= 11 is 0. The predicted octanol–water partition coefficient (Wildman–Crippen LogP) is 1.83. The Morgan fingerprint density at radius 2 is 1.53 bits per heavy atom. The maximum Gasteiger partial charge on any atom is 0.0594 e. The number of hydrogen-bond donors (Lipinski definition) is 0. The molecular formula is C14H28N2O. The van der Waals surface area contributed by atoms with Crippen LogP contribution < -0.4 is 0 Å². The van der Waals surface area contributed by atoms with Crippen LogP contribution >= 0.6 is 0 Å². The van der Waals surface area contributed by atoms with Crippen LogP contribution in [0.3, 0.4) is 0 Å². The second kappa shape index (κ2) is 6.17. The van der Waals surface area contributed by atoms with Crippen molar-refractivity contribution < 1.29 is 4.74 Å². The molecule has 17 heavy (non-hydrogen) atoms. The zero-order valence-electron chi connectivity index (χ0n) is 11.6. The summed E-state index contributed by atoms with van der Waals surface area (Å²) in [6.07, 6.45) is 4.12. The summed E-state index contributed by atoms with van der Waals surface area (Å²) in [6.45, 7) is 14.0. The Morgan fingerprint density at radius 1 is 0.882 bits per heavy atom. The van der Waals surface area contributed by atoms with Crippen LogP contribution in [0.4, 0.5) is 0 Å². The van der Waals surface area contributed by atoms with E-state index in [2.05, 4.69) is 23.6 Å². The lowest BCUT2D eigenvalue weighted by Crippen LogP contribution is -2.41.